The number of amides is 1. The molecule has 0 aliphatic heterocycles. The van der Waals surface area contributed by atoms with Crippen LogP contribution in [0.5, 0.6) is 5.75 Å². The lowest BCUT2D eigenvalue weighted by Crippen LogP contribution is -2.16. The molecular formula is C24H24N4O3. The first-order valence-electron chi connectivity index (χ1n) is 10.0. The number of ether oxygens (including phenoxy) is 1. The van der Waals surface area contributed by atoms with Crippen LogP contribution in [-0.4, -0.2) is 20.8 Å². The summed E-state index contributed by atoms with van der Waals surface area (Å²) in [4.78, 5) is 12.8. The van der Waals surface area contributed by atoms with Crippen LogP contribution in [0, 0.1) is 20.8 Å². The second-order valence-electron chi connectivity index (χ2n) is 7.45. The lowest BCUT2D eigenvalue weighted by Gasteiger charge is -2.07. The van der Waals surface area contributed by atoms with Crippen LogP contribution in [-0.2, 0) is 13.2 Å². The van der Waals surface area contributed by atoms with E-state index < -0.39 is 0 Å². The summed E-state index contributed by atoms with van der Waals surface area (Å²) in [5.41, 5.74) is 4.32. The summed E-state index contributed by atoms with van der Waals surface area (Å²) in [6, 6.07) is 17.6. The average Bonchev–Trinajstić information content (AvgIpc) is 3.35. The molecule has 0 atom stereocenters. The number of hydrogen-bond acceptors (Lipinski definition) is 5. The number of anilines is 1. The molecule has 1 N–H and O–H groups in total. The molecule has 0 fully saturated rings. The van der Waals surface area contributed by atoms with E-state index in [0.29, 0.717) is 29.4 Å². The Balaban J connectivity index is 1.43. The molecule has 158 valence electrons. The third kappa shape index (κ3) is 4.83. The van der Waals surface area contributed by atoms with Gasteiger partial charge in [-0.2, -0.15) is 5.10 Å². The molecule has 0 aliphatic carbocycles. The number of nitrogens with one attached hydrogen (secondary N) is 1. The standard InChI is InChI=1S/C24H24N4O3/c1-16-8-10-20(11-9-16)30-15-21-18(3)31-27-23(21)24(29)25-22-12-13-28(26-22)14-19-7-5-4-6-17(19)2/h4-13H,14-15H2,1-3H3,(H,25,26,29). The highest BCUT2D eigenvalue weighted by Crippen LogP contribution is 2.19. The van der Waals surface area contributed by atoms with Crippen LogP contribution >= 0.6 is 0 Å². The Bertz CT molecular complexity index is 1190. The van der Waals surface area contributed by atoms with Gasteiger partial charge in [0.25, 0.3) is 5.91 Å². The monoisotopic (exact) mass is 416 g/mol. The SMILES string of the molecule is Cc1ccc(OCc2c(C(=O)Nc3ccn(Cc4ccccc4C)n3)noc2C)cc1. The quantitative estimate of drug-likeness (QED) is 0.473. The lowest BCUT2D eigenvalue weighted by atomic mass is 10.1. The van der Waals surface area contributed by atoms with Gasteiger partial charge < -0.3 is 14.6 Å². The molecule has 0 saturated carbocycles. The van der Waals surface area contributed by atoms with Gasteiger partial charge in [0.2, 0.25) is 0 Å². The molecule has 2 aromatic carbocycles. The van der Waals surface area contributed by atoms with Gasteiger partial charge in [-0.1, -0.05) is 47.1 Å². The van der Waals surface area contributed by atoms with E-state index in [1.807, 2.05) is 49.5 Å². The van der Waals surface area contributed by atoms with Crippen molar-refractivity contribution in [1.29, 1.82) is 0 Å². The predicted octanol–water partition coefficient (Wildman–Crippen LogP) is 4.68. The van der Waals surface area contributed by atoms with Crippen LogP contribution in [0.1, 0.15) is 38.5 Å². The molecule has 0 aliphatic rings. The molecule has 7 nitrogen and oxygen atoms in total. The number of aryl methyl sites for hydroxylation is 3. The predicted molar refractivity (Wildman–Crippen MR) is 117 cm³/mol. The minimum Gasteiger partial charge on any atom is -0.489 e. The molecule has 0 spiro atoms. The Labute approximate surface area is 180 Å². The summed E-state index contributed by atoms with van der Waals surface area (Å²) < 4.78 is 12.8. The maximum absolute atomic E-state index is 12.8. The lowest BCUT2D eigenvalue weighted by molar-refractivity contribution is 0.101. The fourth-order valence-electron chi connectivity index (χ4n) is 3.18. The van der Waals surface area contributed by atoms with Gasteiger partial charge in [0.1, 0.15) is 18.1 Å². The van der Waals surface area contributed by atoms with E-state index in [2.05, 4.69) is 34.6 Å². The van der Waals surface area contributed by atoms with Gasteiger partial charge in [0.05, 0.1) is 12.1 Å². The molecule has 7 heteroatoms. The summed E-state index contributed by atoms with van der Waals surface area (Å²) in [5.74, 6) is 1.32. The summed E-state index contributed by atoms with van der Waals surface area (Å²) in [5, 5.41) is 11.2. The van der Waals surface area contributed by atoms with E-state index in [0.717, 1.165) is 5.56 Å². The van der Waals surface area contributed by atoms with Gasteiger partial charge in [0, 0.05) is 12.3 Å². The van der Waals surface area contributed by atoms with Crippen molar-refractivity contribution >= 4 is 11.7 Å². The van der Waals surface area contributed by atoms with Crippen LogP contribution in [0.15, 0.2) is 65.3 Å². The van der Waals surface area contributed by atoms with Crippen LogP contribution in [0.2, 0.25) is 0 Å². The molecule has 0 radical (unpaired) electrons. The van der Waals surface area contributed by atoms with Crippen LogP contribution in [0.3, 0.4) is 0 Å². The average molecular weight is 416 g/mol. The molecule has 1 amide bonds. The van der Waals surface area contributed by atoms with Crippen molar-refractivity contribution in [3.8, 4) is 5.75 Å². The van der Waals surface area contributed by atoms with E-state index >= 15 is 0 Å². The number of carbonyl (C=O) groups excluding carboxylic acids is 1. The second-order valence-corrected chi connectivity index (χ2v) is 7.45. The zero-order chi connectivity index (χ0) is 21.8. The van der Waals surface area contributed by atoms with Gasteiger partial charge in [-0.3, -0.25) is 9.48 Å². The van der Waals surface area contributed by atoms with Crippen molar-refractivity contribution in [3.05, 3.63) is 94.5 Å². The minimum absolute atomic E-state index is 0.183. The molecule has 4 rings (SSSR count). The third-order valence-corrected chi connectivity index (χ3v) is 5.08. The highest BCUT2D eigenvalue weighted by Gasteiger charge is 2.21. The van der Waals surface area contributed by atoms with Crippen molar-refractivity contribution in [1.82, 2.24) is 14.9 Å². The van der Waals surface area contributed by atoms with E-state index in [9.17, 15) is 4.79 Å². The summed E-state index contributed by atoms with van der Waals surface area (Å²) >= 11 is 0. The molecule has 0 saturated heterocycles. The van der Waals surface area contributed by atoms with E-state index in [1.165, 1.54) is 11.1 Å². The largest absolute Gasteiger partial charge is 0.489 e. The number of aromatic nitrogens is 3. The van der Waals surface area contributed by atoms with Gasteiger partial charge in [-0.25, -0.2) is 0 Å². The van der Waals surface area contributed by atoms with Crippen LogP contribution in [0.4, 0.5) is 5.82 Å². The number of hydrogen-bond donors (Lipinski definition) is 1. The number of nitrogens with zero attached hydrogens (tertiary/aromatic N) is 3. The number of carbonyl (C=O) groups is 1. The van der Waals surface area contributed by atoms with Gasteiger partial charge >= 0.3 is 0 Å². The molecule has 0 unspecified atom stereocenters. The first-order chi connectivity index (χ1) is 15.0. The molecule has 0 bridgehead atoms. The molecule has 2 aromatic heterocycles. The summed E-state index contributed by atoms with van der Waals surface area (Å²) in [7, 11) is 0. The van der Waals surface area contributed by atoms with Crippen molar-refractivity contribution in [2.24, 2.45) is 0 Å². The zero-order valence-electron chi connectivity index (χ0n) is 17.8. The first-order valence-corrected chi connectivity index (χ1v) is 10.0. The fourth-order valence-corrected chi connectivity index (χ4v) is 3.18. The maximum atomic E-state index is 12.8. The summed E-state index contributed by atoms with van der Waals surface area (Å²) in [6.07, 6.45) is 1.83. The molecule has 2 heterocycles. The van der Waals surface area contributed by atoms with Crippen molar-refractivity contribution < 1.29 is 14.1 Å². The maximum Gasteiger partial charge on any atom is 0.279 e. The van der Waals surface area contributed by atoms with Gasteiger partial charge in [0.15, 0.2) is 11.5 Å². The highest BCUT2D eigenvalue weighted by atomic mass is 16.5. The molecule has 4 aromatic rings. The number of rotatable bonds is 7. The fraction of sp³-hybridized carbons (Fsp3) is 0.208. The van der Waals surface area contributed by atoms with Gasteiger partial charge in [-0.05, 0) is 44.0 Å². The molecule has 31 heavy (non-hydrogen) atoms. The Hall–Kier alpha value is -3.87. The third-order valence-electron chi connectivity index (χ3n) is 5.08. The first kappa shape index (κ1) is 20.4. The number of benzene rings is 2. The van der Waals surface area contributed by atoms with E-state index in [1.54, 1.807) is 17.7 Å². The Kier molecular flexibility index (Phi) is 5.84. The summed E-state index contributed by atoms with van der Waals surface area (Å²) in [6.45, 7) is 6.64. The smallest absolute Gasteiger partial charge is 0.279 e. The van der Waals surface area contributed by atoms with Crippen molar-refractivity contribution in [2.45, 2.75) is 33.9 Å². The van der Waals surface area contributed by atoms with Crippen LogP contribution < -0.4 is 10.1 Å². The minimum atomic E-state index is -0.388. The normalized spacial score (nSPS) is 10.8. The van der Waals surface area contributed by atoms with Crippen molar-refractivity contribution in [3.63, 3.8) is 0 Å². The van der Waals surface area contributed by atoms with E-state index in [-0.39, 0.29) is 18.2 Å². The second kappa shape index (κ2) is 8.87. The van der Waals surface area contributed by atoms with Crippen LogP contribution in [0.25, 0.3) is 0 Å². The Morgan fingerprint density at radius 1 is 1.06 bits per heavy atom. The topological polar surface area (TPSA) is 82.2 Å². The van der Waals surface area contributed by atoms with E-state index in [4.69, 9.17) is 9.26 Å². The van der Waals surface area contributed by atoms with Crippen molar-refractivity contribution in [2.75, 3.05) is 5.32 Å². The Morgan fingerprint density at radius 2 is 1.84 bits per heavy atom. The Morgan fingerprint density at radius 3 is 2.61 bits per heavy atom. The van der Waals surface area contributed by atoms with Gasteiger partial charge in [-0.15, -0.1) is 0 Å². The molecular weight excluding hydrogens is 392 g/mol. The highest BCUT2D eigenvalue weighted by molar-refractivity contribution is 6.03. The zero-order valence-corrected chi connectivity index (χ0v) is 17.8.